The Balaban J connectivity index is 0.000000309. The van der Waals surface area contributed by atoms with E-state index in [1.165, 1.54) is 217 Å². The van der Waals surface area contributed by atoms with Crippen molar-refractivity contribution < 1.29 is 70.9 Å². The minimum absolute atomic E-state index is 0. The third-order valence-electron chi connectivity index (χ3n) is 24.9. The number of rotatable bonds is 9. The summed E-state index contributed by atoms with van der Waals surface area (Å²) in [7, 11) is 0. The van der Waals surface area contributed by atoms with Gasteiger partial charge in [0.25, 0.3) is 0 Å². The zero-order valence-corrected chi connectivity index (χ0v) is 59.3. The van der Waals surface area contributed by atoms with Crippen molar-refractivity contribution in [2.75, 3.05) is 52.9 Å². The van der Waals surface area contributed by atoms with E-state index in [0.29, 0.717) is 19.3 Å². The van der Waals surface area contributed by atoms with Crippen molar-refractivity contribution in [3.63, 3.8) is 0 Å². The summed E-state index contributed by atoms with van der Waals surface area (Å²) in [4.78, 5) is 0. The molecule has 0 amide bonds. The molecule has 9 heteroatoms. The summed E-state index contributed by atoms with van der Waals surface area (Å²) >= 11 is 0. The van der Waals surface area contributed by atoms with Gasteiger partial charge in [-0.15, -0.1) is 17.2 Å². The Labute approximate surface area is 554 Å². The minimum atomic E-state index is 0. The number of hydrogen-bond donors (Lipinski definition) is 0. The SMILES string of the molecule is C1CCOC1.C1CCOC1.C1CCOC1.C1CCOC1.Cc1cc(Cc2c(C)c(Cc3cc(C)cc(C45CC6CC(CC(C6)C4)C5)c3[O-])c(C)c(Cc3cc(C)cc(C45CC6CC(CC(C6)C4)C5)c3[O-])c2C)c([O-])c(C23CC4CC(CC(C4)C2)C3)c1.[O-2].[U]. The maximum absolute atomic E-state index is 15.2. The zero-order chi connectivity index (χ0) is 59.3. The second-order valence-corrected chi connectivity index (χ2v) is 31.6. The Kier molecular flexibility index (Phi) is 21.5. The maximum atomic E-state index is 15.2. The third-order valence-corrected chi connectivity index (χ3v) is 24.9. The maximum Gasteiger partial charge on any atom is 0.0466 e. The predicted octanol–water partition coefficient (Wildman–Crippen LogP) is 16.0. The van der Waals surface area contributed by atoms with E-state index in [4.69, 9.17) is 18.9 Å². The van der Waals surface area contributed by atoms with Crippen LogP contribution < -0.4 is 15.3 Å². The molecule has 16 fully saturated rings. The van der Waals surface area contributed by atoms with Gasteiger partial charge in [0.05, 0.1) is 0 Å². The van der Waals surface area contributed by atoms with Crippen molar-refractivity contribution in [2.24, 2.45) is 53.3 Å². The topological polar surface area (TPSA) is 135 Å². The molecule has 0 spiro atoms. The molecular formula is C79H107O8U-5. The summed E-state index contributed by atoms with van der Waals surface area (Å²) in [5.74, 6) is 7.84. The first-order valence-corrected chi connectivity index (χ1v) is 35.5. The van der Waals surface area contributed by atoms with Crippen molar-refractivity contribution in [3.05, 3.63) is 120 Å². The van der Waals surface area contributed by atoms with Crippen LogP contribution in [0.5, 0.6) is 17.2 Å². The Morgan fingerprint density at radius 3 is 0.659 bits per heavy atom. The number of hydrogen-bond acceptors (Lipinski definition) is 7. The van der Waals surface area contributed by atoms with E-state index in [2.05, 4.69) is 77.9 Å². The molecule has 16 aliphatic rings. The van der Waals surface area contributed by atoms with Gasteiger partial charge in [-0.1, -0.05) is 69.8 Å². The minimum Gasteiger partial charge on any atom is -2.00 e. The summed E-state index contributed by atoms with van der Waals surface area (Å²) in [5, 5.41) is 45.5. The van der Waals surface area contributed by atoms with Crippen LogP contribution in [0.3, 0.4) is 0 Å². The standard InChI is InChI=1S/C63H78O3.4C4H8O.O.U/c1-34-7-49(58(64)55(10-34)61-25-40-13-41(26-61)15-42(14-40)27-61)22-52-37(4)53(23-50-8-35(2)11-56(59(50)65)62-28-43-16-44(29-62)18-45(17-43)30-62)39(6)54(38(52)5)24-51-9-36(3)12-57(60(51)66)63-31-46-19-47(32-63)21-48(20-46)33-63;4*1-2-4-5-3-1;;/h7-12,40-48,64-66H,13-33H2,1-6H3;4*1-4H2;;/q;;;;;-2;/p-3. The largest absolute Gasteiger partial charge is 2.00 e. The van der Waals surface area contributed by atoms with Gasteiger partial charge in [-0.05, 0) is 347 Å². The van der Waals surface area contributed by atoms with Crippen molar-refractivity contribution >= 4 is 0 Å². The molecule has 4 aromatic carbocycles. The molecule has 88 heavy (non-hydrogen) atoms. The van der Waals surface area contributed by atoms with Crippen molar-refractivity contribution in [1.29, 1.82) is 0 Å². The number of benzene rings is 4. The average molecular weight is 1420 g/mol. The van der Waals surface area contributed by atoms with E-state index in [0.717, 1.165) is 139 Å². The molecule has 12 aliphatic carbocycles. The molecule has 0 radical (unpaired) electrons. The first-order chi connectivity index (χ1) is 41.6. The predicted molar refractivity (Wildman–Crippen MR) is 341 cm³/mol. The van der Waals surface area contributed by atoms with Crippen LogP contribution in [0, 0.1) is 126 Å². The molecule has 20 rings (SSSR count). The van der Waals surface area contributed by atoms with Gasteiger partial charge >= 0.3 is 0 Å². The molecule has 0 unspecified atom stereocenters. The number of ether oxygens (including phenoxy) is 4. The summed E-state index contributed by atoms with van der Waals surface area (Å²) in [5.41, 5.74) is 17.2. The van der Waals surface area contributed by atoms with Crippen LogP contribution in [0.4, 0.5) is 0 Å². The Bertz CT molecular complexity index is 2560. The van der Waals surface area contributed by atoms with E-state index in [1.54, 1.807) is 0 Å². The molecule has 4 heterocycles. The van der Waals surface area contributed by atoms with Gasteiger partial charge in [0, 0.05) is 84.0 Å². The zero-order valence-electron chi connectivity index (χ0n) is 55.1. The van der Waals surface area contributed by atoms with Crippen LogP contribution in [0.15, 0.2) is 36.4 Å². The number of aryl methyl sites for hydroxylation is 3. The fourth-order valence-electron chi connectivity index (χ4n) is 22.2. The van der Waals surface area contributed by atoms with Gasteiger partial charge in [-0.3, -0.25) is 0 Å². The average Bonchev–Trinajstić information content (AvgIpc) is 1.18. The summed E-state index contributed by atoms with van der Waals surface area (Å²) in [6, 6.07) is 13.5. The summed E-state index contributed by atoms with van der Waals surface area (Å²) < 4.78 is 19.8. The molecule has 12 saturated carbocycles. The second-order valence-electron chi connectivity index (χ2n) is 31.6. The molecular weight excluding hydrogens is 1310 g/mol. The van der Waals surface area contributed by atoms with Gasteiger partial charge < -0.3 is 39.7 Å². The van der Waals surface area contributed by atoms with Gasteiger partial charge in [0.15, 0.2) is 0 Å². The van der Waals surface area contributed by atoms with Gasteiger partial charge in [-0.25, -0.2) is 0 Å². The van der Waals surface area contributed by atoms with Crippen molar-refractivity contribution in [1.82, 2.24) is 0 Å². The van der Waals surface area contributed by atoms with Crippen molar-refractivity contribution in [3.8, 4) is 17.2 Å². The van der Waals surface area contributed by atoms with E-state index >= 15 is 15.3 Å². The Morgan fingerprint density at radius 2 is 0.500 bits per heavy atom. The van der Waals surface area contributed by atoms with Gasteiger partial charge in [-0.2, -0.15) is 0 Å². The Morgan fingerprint density at radius 1 is 0.318 bits per heavy atom. The molecule has 0 aromatic heterocycles. The Hall–Kier alpha value is -2.87. The first-order valence-electron chi connectivity index (χ1n) is 35.5. The fraction of sp³-hybridized carbons (Fsp3) is 0.696. The van der Waals surface area contributed by atoms with Gasteiger partial charge in [0.1, 0.15) is 0 Å². The quantitative estimate of drug-likeness (QED) is 0.163. The van der Waals surface area contributed by atoms with Crippen molar-refractivity contribution in [2.45, 2.75) is 244 Å². The van der Waals surface area contributed by atoms with Crippen LogP contribution in [0.2, 0.25) is 0 Å². The molecule has 12 bridgehead atoms. The fourth-order valence-corrected chi connectivity index (χ4v) is 22.2. The molecule has 4 aliphatic heterocycles. The molecule has 0 N–H and O–H groups in total. The molecule has 8 nitrogen and oxygen atoms in total. The van der Waals surface area contributed by atoms with E-state index in [1.807, 2.05) is 0 Å². The van der Waals surface area contributed by atoms with Crippen LogP contribution in [0.1, 0.15) is 250 Å². The third kappa shape index (κ3) is 14.0. The smallest absolute Gasteiger partial charge is 0.0466 e. The van der Waals surface area contributed by atoms with Crippen LogP contribution in [0.25, 0.3) is 0 Å². The molecule has 0 atom stereocenters. The summed E-state index contributed by atoms with van der Waals surface area (Å²) in [6.07, 6.45) is 35.0. The van der Waals surface area contributed by atoms with Crippen LogP contribution >= 0.6 is 0 Å². The molecule has 480 valence electrons. The van der Waals surface area contributed by atoms with Crippen LogP contribution in [-0.4, -0.2) is 52.9 Å². The summed E-state index contributed by atoms with van der Waals surface area (Å²) in [6.45, 7) is 21.5. The second kappa shape index (κ2) is 28.4. The normalized spacial score (nSPS) is 32.9. The van der Waals surface area contributed by atoms with E-state index < -0.39 is 0 Å². The van der Waals surface area contributed by atoms with E-state index in [9.17, 15) is 0 Å². The van der Waals surface area contributed by atoms with Gasteiger partial charge in [0.2, 0.25) is 0 Å². The van der Waals surface area contributed by atoms with Crippen LogP contribution in [-0.2, 0) is 59.9 Å². The molecule has 4 aromatic rings. The molecule has 4 saturated heterocycles. The monoisotopic (exact) mass is 1420 g/mol. The van der Waals surface area contributed by atoms with E-state index in [-0.39, 0.29) is 70.1 Å². The first kappa shape index (κ1) is 66.6.